The van der Waals surface area contributed by atoms with Crippen LogP contribution in [0.15, 0.2) is 18.2 Å². The van der Waals surface area contributed by atoms with Crippen molar-refractivity contribution < 1.29 is 14.7 Å². The first kappa shape index (κ1) is 19.6. The normalized spacial score (nSPS) is 20.4. The standard InChI is InChI=1S/C20H28NO2.C2H6/c1-7-16-15(12-19(2,3)4)13-8-9-17-14(18(13)21(16)22)10-11-20(5,6)23-17;1-2/h8-11,15,22H,7,12H2,1-6H3;1-2H3/q+1;. The van der Waals surface area contributed by atoms with E-state index in [1.54, 1.807) is 0 Å². The SMILES string of the molecule is CC.CCC1=[N+](O)c2c(ccc3c2C=CC(C)(C)O3)C1CC(C)(C)C. The van der Waals surface area contributed by atoms with Crippen molar-refractivity contribution in [2.24, 2.45) is 5.41 Å². The van der Waals surface area contributed by atoms with Crippen LogP contribution in [0, 0.1) is 5.41 Å². The lowest BCUT2D eigenvalue weighted by molar-refractivity contribution is -0.712. The molecule has 1 atom stereocenters. The van der Waals surface area contributed by atoms with Gasteiger partial charge in [0.05, 0.1) is 11.5 Å². The molecule has 2 aliphatic heterocycles. The van der Waals surface area contributed by atoms with Gasteiger partial charge in [-0.15, -0.1) is 0 Å². The summed E-state index contributed by atoms with van der Waals surface area (Å²) in [5, 5.41) is 10.8. The van der Waals surface area contributed by atoms with E-state index in [0.717, 1.165) is 35.6 Å². The molecule has 3 heteroatoms. The number of hydrogen-bond acceptors (Lipinski definition) is 2. The fourth-order valence-electron chi connectivity index (χ4n) is 3.68. The van der Waals surface area contributed by atoms with Crippen molar-refractivity contribution in [2.75, 3.05) is 0 Å². The molecule has 138 valence electrons. The van der Waals surface area contributed by atoms with E-state index in [1.807, 2.05) is 27.7 Å². The number of nitrogens with zero attached hydrogens (tertiary/aromatic N) is 1. The van der Waals surface area contributed by atoms with Crippen molar-refractivity contribution in [3.8, 4) is 5.75 Å². The molecule has 2 heterocycles. The maximum Gasteiger partial charge on any atom is 0.272 e. The summed E-state index contributed by atoms with van der Waals surface area (Å²) >= 11 is 0. The topological polar surface area (TPSA) is 32.5 Å². The van der Waals surface area contributed by atoms with Crippen LogP contribution in [0.5, 0.6) is 5.75 Å². The Morgan fingerprint density at radius 2 is 1.84 bits per heavy atom. The molecule has 0 radical (unpaired) electrons. The molecule has 3 rings (SSSR count). The Kier molecular flexibility index (Phi) is 5.36. The van der Waals surface area contributed by atoms with Gasteiger partial charge in [-0.1, -0.05) is 41.5 Å². The predicted octanol–water partition coefficient (Wildman–Crippen LogP) is 6.31. The molecule has 1 unspecified atom stereocenters. The first-order valence-corrected chi connectivity index (χ1v) is 9.53. The molecular weight excluding hydrogens is 310 g/mol. The minimum Gasteiger partial charge on any atom is -0.483 e. The van der Waals surface area contributed by atoms with Crippen molar-refractivity contribution in [1.82, 2.24) is 0 Å². The molecule has 2 aliphatic rings. The average molecular weight is 345 g/mol. The second-order valence-electron chi connectivity index (χ2n) is 8.43. The molecule has 0 spiro atoms. The zero-order valence-corrected chi connectivity index (χ0v) is 17.1. The van der Waals surface area contributed by atoms with Crippen molar-refractivity contribution in [3.63, 3.8) is 0 Å². The van der Waals surface area contributed by atoms with Gasteiger partial charge in [-0.2, -0.15) is 0 Å². The smallest absolute Gasteiger partial charge is 0.272 e. The first-order chi connectivity index (χ1) is 11.6. The summed E-state index contributed by atoms with van der Waals surface area (Å²) in [6, 6.07) is 4.19. The molecule has 25 heavy (non-hydrogen) atoms. The summed E-state index contributed by atoms with van der Waals surface area (Å²) in [4.78, 5) is 0. The van der Waals surface area contributed by atoms with E-state index in [0.29, 0.717) is 0 Å². The number of rotatable bonds is 2. The van der Waals surface area contributed by atoms with Crippen LogP contribution in [0.2, 0.25) is 0 Å². The summed E-state index contributed by atoms with van der Waals surface area (Å²) in [5.41, 5.74) is 4.10. The van der Waals surface area contributed by atoms with Crippen LogP contribution in [-0.2, 0) is 0 Å². The van der Waals surface area contributed by atoms with E-state index in [1.165, 1.54) is 10.3 Å². The van der Waals surface area contributed by atoms with E-state index in [2.05, 4.69) is 52.0 Å². The van der Waals surface area contributed by atoms with Crippen molar-refractivity contribution >= 4 is 17.5 Å². The Balaban J connectivity index is 0.00000109. The molecule has 0 fully saturated rings. The van der Waals surface area contributed by atoms with E-state index < -0.39 is 0 Å². The van der Waals surface area contributed by atoms with Crippen molar-refractivity contribution in [1.29, 1.82) is 0 Å². The second-order valence-corrected chi connectivity index (χ2v) is 8.43. The quantitative estimate of drug-likeness (QED) is 0.503. The van der Waals surface area contributed by atoms with Gasteiger partial charge < -0.3 is 4.74 Å². The number of hydrogen-bond donors (Lipinski definition) is 1. The highest BCUT2D eigenvalue weighted by Crippen LogP contribution is 2.47. The summed E-state index contributed by atoms with van der Waals surface area (Å²) in [5.74, 6) is 1.12. The van der Waals surface area contributed by atoms with Crippen LogP contribution in [0.1, 0.15) is 85.3 Å². The molecule has 0 aromatic heterocycles. The highest BCUT2D eigenvalue weighted by molar-refractivity contribution is 5.93. The predicted molar refractivity (Wildman–Crippen MR) is 105 cm³/mol. The second kappa shape index (κ2) is 6.86. The molecular formula is C22H34NO2+. The third-order valence-corrected chi connectivity index (χ3v) is 4.67. The lowest BCUT2D eigenvalue weighted by atomic mass is 9.79. The van der Waals surface area contributed by atoms with E-state index in [4.69, 9.17) is 4.74 Å². The van der Waals surface area contributed by atoms with Gasteiger partial charge in [0.15, 0.2) is 0 Å². The number of ether oxygens (including phenoxy) is 1. The minimum absolute atomic E-state index is 0.206. The zero-order valence-electron chi connectivity index (χ0n) is 17.1. The third kappa shape index (κ3) is 3.75. The Morgan fingerprint density at radius 1 is 1.20 bits per heavy atom. The van der Waals surface area contributed by atoms with Crippen LogP contribution >= 0.6 is 0 Å². The molecule has 0 aliphatic carbocycles. The van der Waals surface area contributed by atoms with Crippen LogP contribution in [0.4, 0.5) is 5.69 Å². The van der Waals surface area contributed by atoms with Gasteiger partial charge in [0.25, 0.3) is 5.69 Å². The van der Waals surface area contributed by atoms with Gasteiger partial charge >= 0.3 is 0 Å². The lowest BCUT2D eigenvalue weighted by Crippen LogP contribution is -2.27. The largest absolute Gasteiger partial charge is 0.483 e. The summed E-state index contributed by atoms with van der Waals surface area (Å²) in [6.07, 6.45) is 6.02. The fraction of sp³-hybridized carbons (Fsp3) is 0.591. The highest BCUT2D eigenvalue weighted by Gasteiger charge is 2.44. The van der Waals surface area contributed by atoms with Crippen LogP contribution in [-0.4, -0.2) is 21.3 Å². The molecule has 0 saturated carbocycles. The highest BCUT2D eigenvalue weighted by atomic mass is 16.5. The number of fused-ring (bicyclic) bond motifs is 3. The van der Waals surface area contributed by atoms with E-state index in [9.17, 15) is 5.21 Å². The van der Waals surface area contributed by atoms with Gasteiger partial charge in [-0.25, -0.2) is 0 Å². The number of benzene rings is 1. The van der Waals surface area contributed by atoms with Gasteiger partial charge in [0, 0.05) is 16.7 Å². The van der Waals surface area contributed by atoms with Gasteiger partial charge in [-0.05, 0) is 50.0 Å². The molecule has 3 nitrogen and oxygen atoms in total. The van der Waals surface area contributed by atoms with E-state index >= 15 is 0 Å². The third-order valence-electron chi connectivity index (χ3n) is 4.67. The van der Waals surface area contributed by atoms with Gasteiger partial charge in [0.2, 0.25) is 5.71 Å². The van der Waals surface area contributed by atoms with Crippen molar-refractivity contribution in [3.05, 3.63) is 29.3 Å². The monoisotopic (exact) mass is 344 g/mol. The zero-order chi connectivity index (χ0) is 19.0. The molecule has 0 amide bonds. The van der Waals surface area contributed by atoms with Crippen LogP contribution in [0.25, 0.3) is 6.08 Å². The van der Waals surface area contributed by atoms with Gasteiger partial charge in [0.1, 0.15) is 11.4 Å². The Hall–Kier alpha value is -1.77. The molecule has 1 aromatic rings. The molecule has 0 saturated heterocycles. The summed E-state index contributed by atoms with van der Waals surface area (Å²) in [6.45, 7) is 17.0. The van der Waals surface area contributed by atoms with E-state index in [-0.39, 0.29) is 16.9 Å². The summed E-state index contributed by atoms with van der Waals surface area (Å²) < 4.78 is 7.48. The average Bonchev–Trinajstić information content (AvgIpc) is 2.78. The Bertz CT molecular complexity index is 705. The lowest BCUT2D eigenvalue weighted by Gasteiger charge is -2.28. The van der Waals surface area contributed by atoms with Crippen LogP contribution in [0.3, 0.4) is 0 Å². The minimum atomic E-state index is -0.303. The van der Waals surface area contributed by atoms with Gasteiger partial charge in [-0.3, -0.25) is 5.21 Å². The maximum absolute atomic E-state index is 10.8. The van der Waals surface area contributed by atoms with Crippen molar-refractivity contribution in [2.45, 2.75) is 79.8 Å². The maximum atomic E-state index is 10.8. The summed E-state index contributed by atoms with van der Waals surface area (Å²) in [7, 11) is 0. The molecule has 0 bridgehead atoms. The molecule has 1 N–H and O–H groups in total. The fourth-order valence-corrected chi connectivity index (χ4v) is 3.68. The Morgan fingerprint density at radius 3 is 2.40 bits per heavy atom. The van der Waals surface area contributed by atoms with Crippen LogP contribution < -0.4 is 4.74 Å². The Labute approximate surface area is 153 Å². The first-order valence-electron chi connectivity index (χ1n) is 9.53. The molecule has 1 aromatic carbocycles.